The average molecular weight is 471 g/mol. The zero-order chi connectivity index (χ0) is 25.1. The first-order chi connectivity index (χ1) is 16.0. The zero-order valence-electron chi connectivity index (χ0n) is 21.7. The number of benzene rings is 1. The SMILES string of the molecule is CCC(C)(C)C1CCC2(CC1)NC(=O)N(CC(=O)NCc1ccccc1CN(C)C(C)C)C2=O. The van der Waals surface area contributed by atoms with Crippen molar-refractivity contribution in [2.75, 3.05) is 13.6 Å². The molecule has 34 heavy (non-hydrogen) atoms. The molecule has 1 heterocycles. The molecule has 2 aliphatic rings. The summed E-state index contributed by atoms with van der Waals surface area (Å²) >= 11 is 0. The third-order valence-corrected chi connectivity index (χ3v) is 8.30. The summed E-state index contributed by atoms with van der Waals surface area (Å²) in [6.07, 6.45) is 4.19. The number of imide groups is 1. The minimum absolute atomic E-state index is 0.229. The lowest BCUT2D eigenvalue weighted by Gasteiger charge is -2.42. The molecule has 0 atom stereocenters. The molecule has 188 valence electrons. The first kappa shape index (κ1) is 26.2. The van der Waals surface area contributed by atoms with Crippen LogP contribution in [0.1, 0.15) is 77.8 Å². The van der Waals surface area contributed by atoms with Crippen LogP contribution >= 0.6 is 0 Å². The highest BCUT2D eigenvalue weighted by Gasteiger charge is 2.53. The van der Waals surface area contributed by atoms with Gasteiger partial charge in [-0.2, -0.15) is 0 Å². The van der Waals surface area contributed by atoms with Crippen LogP contribution in [0.2, 0.25) is 0 Å². The van der Waals surface area contributed by atoms with Gasteiger partial charge in [-0.15, -0.1) is 0 Å². The van der Waals surface area contributed by atoms with Gasteiger partial charge in [-0.3, -0.25) is 19.4 Å². The Hall–Kier alpha value is -2.41. The lowest BCUT2D eigenvalue weighted by atomic mass is 9.65. The van der Waals surface area contributed by atoms with Crippen LogP contribution in [0.25, 0.3) is 0 Å². The number of carbonyl (C=O) groups is 3. The molecule has 1 aliphatic heterocycles. The van der Waals surface area contributed by atoms with Crippen LogP contribution in [-0.2, 0) is 22.7 Å². The van der Waals surface area contributed by atoms with Crippen molar-refractivity contribution in [3.63, 3.8) is 0 Å². The van der Waals surface area contributed by atoms with Crippen molar-refractivity contribution >= 4 is 17.8 Å². The minimum Gasteiger partial charge on any atom is -0.350 e. The van der Waals surface area contributed by atoms with Crippen LogP contribution in [-0.4, -0.2) is 52.8 Å². The molecule has 1 aromatic rings. The van der Waals surface area contributed by atoms with Crippen LogP contribution in [0.4, 0.5) is 4.79 Å². The highest BCUT2D eigenvalue weighted by Crippen LogP contribution is 2.45. The fourth-order valence-electron chi connectivity index (χ4n) is 5.07. The number of hydrogen-bond donors (Lipinski definition) is 2. The van der Waals surface area contributed by atoms with Gasteiger partial charge in [-0.25, -0.2) is 4.79 Å². The van der Waals surface area contributed by atoms with Crippen molar-refractivity contribution in [1.82, 2.24) is 20.4 Å². The van der Waals surface area contributed by atoms with Crippen LogP contribution in [0.5, 0.6) is 0 Å². The van der Waals surface area contributed by atoms with Gasteiger partial charge in [-0.05, 0) is 69.0 Å². The summed E-state index contributed by atoms with van der Waals surface area (Å²) in [4.78, 5) is 41.9. The van der Waals surface area contributed by atoms with E-state index in [1.165, 1.54) is 0 Å². The van der Waals surface area contributed by atoms with Gasteiger partial charge in [0.25, 0.3) is 5.91 Å². The van der Waals surface area contributed by atoms with E-state index in [0.29, 0.717) is 31.3 Å². The molecule has 0 radical (unpaired) electrons. The number of nitrogens with one attached hydrogen (secondary N) is 2. The fraction of sp³-hybridized carbons (Fsp3) is 0.667. The number of carbonyl (C=O) groups excluding carboxylic acids is 3. The smallest absolute Gasteiger partial charge is 0.325 e. The highest BCUT2D eigenvalue weighted by atomic mass is 16.2. The van der Waals surface area contributed by atoms with Gasteiger partial charge in [-0.1, -0.05) is 51.5 Å². The quantitative estimate of drug-likeness (QED) is 0.533. The molecule has 1 saturated carbocycles. The van der Waals surface area contributed by atoms with Crippen molar-refractivity contribution in [2.24, 2.45) is 11.3 Å². The van der Waals surface area contributed by atoms with Crippen LogP contribution in [0.3, 0.4) is 0 Å². The second kappa shape index (κ2) is 10.5. The summed E-state index contributed by atoms with van der Waals surface area (Å²) in [5.41, 5.74) is 1.58. The number of amides is 4. The highest BCUT2D eigenvalue weighted by molar-refractivity contribution is 6.09. The third-order valence-electron chi connectivity index (χ3n) is 8.30. The van der Waals surface area contributed by atoms with Crippen molar-refractivity contribution in [2.45, 2.75) is 91.4 Å². The average Bonchev–Trinajstić information content (AvgIpc) is 3.02. The topological polar surface area (TPSA) is 81.8 Å². The number of nitrogens with zero attached hydrogens (tertiary/aromatic N) is 2. The van der Waals surface area contributed by atoms with E-state index in [1.807, 2.05) is 18.2 Å². The van der Waals surface area contributed by atoms with Gasteiger partial charge >= 0.3 is 6.03 Å². The van der Waals surface area contributed by atoms with E-state index in [2.05, 4.69) is 63.3 Å². The molecular weight excluding hydrogens is 428 g/mol. The number of hydrogen-bond acceptors (Lipinski definition) is 4. The van der Waals surface area contributed by atoms with E-state index in [9.17, 15) is 14.4 Å². The van der Waals surface area contributed by atoms with Gasteiger partial charge in [0.1, 0.15) is 12.1 Å². The molecule has 1 saturated heterocycles. The molecule has 1 aliphatic carbocycles. The van der Waals surface area contributed by atoms with Crippen molar-refractivity contribution in [3.8, 4) is 0 Å². The Morgan fingerprint density at radius 2 is 1.82 bits per heavy atom. The van der Waals surface area contributed by atoms with Crippen LogP contribution in [0, 0.1) is 11.3 Å². The van der Waals surface area contributed by atoms with Crippen molar-refractivity contribution < 1.29 is 14.4 Å². The number of urea groups is 1. The molecule has 3 rings (SSSR count). The lowest BCUT2D eigenvalue weighted by molar-refractivity contribution is -0.136. The predicted octanol–water partition coefficient (Wildman–Crippen LogP) is 4.06. The molecule has 7 nitrogen and oxygen atoms in total. The summed E-state index contributed by atoms with van der Waals surface area (Å²) in [5.74, 6) is -0.0345. The monoisotopic (exact) mass is 470 g/mol. The van der Waals surface area contributed by atoms with E-state index in [-0.39, 0.29) is 23.8 Å². The first-order valence-corrected chi connectivity index (χ1v) is 12.7. The maximum absolute atomic E-state index is 13.2. The van der Waals surface area contributed by atoms with Gasteiger partial charge in [0.05, 0.1) is 0 Å². The molecule has 7 heteroatoms. The maximum atomic E-state index is 13.2. The summed E-state index contributed by atoms with van der Waals surface area (Å²) in [7, 11) is 2.07. The predicted molar refractivity (Wildman–Crippen MR) is 134 cm³/mol. The van der Waals surface area contributed by atoms with Gasteiger partial charge in [0, 0.05) is 19.1 Å². The molecule has 1 spiro atoms. The Balaban J connectivity index is 1.57. The van der Waals surface area contributed by atoms with Crippen LogP contribution < -0.4 is 10.6 Å². The van der Waals surface area contributed by atoms with E-state index in [1.54, 1.807) is 0 Å². The Bertz CT molecular complexity index is 903. The molecule has 2 N–H and O–H groups in total. The second-order valence-electron chi connectivity index (χ2n) is 11.1. The van der Waals surface area contributed by atoms with E-state index >= 15 is 0 Å². The molecule has 4 amide bonds. The molecular formula is C27H42N4O3. The standard InChI is InChI=1S/C27H42N4O3/c1-7-26(4,5)22-12-14-27(15-13-22)24(33)31(25(34)29-27)18-23(32)28-16-20-10-8-9-11-21(20)17-30(6)19(2)3/h8-11,19,22H,7,12-18H2,1-6H3,(H,28,32)(H,29,34). The van der Waals surface area contributed by atoms with Crippen molar-refractivity contribution in [3.05, 3.63) is 35.4 Å². The lowest BCUT2D eigenvalue weighted by Crippen LogP contribution is -2.51. The fourth-order valence-corrected chi connectivity index (χ4v) is 5.07. The number of rotatable bonds is 9. The van der Waals surface area contributed by atoms with Crippen molar-refractivity contribution in [1.29, 1.82) is 0 Å². The second-order valence-corrected chi connectivity index (χ2v) is 11.1. The van der Waals surface area contributed by atoms with Gasteiger partial charge in [0.15, 0.2) is 0 Å². The van der Waals surface area contributed by atoms with Crippen LogP contribution in [0.15, 0.2) is 24.3 Å². The normalized spacial score (nSPS) is 23.2. The Kier molecular flexibility index (Phi) is 8.06. The summed E-state index contributed by atoms with van der Waals surface area (Å²) in [6, 6.07) is 7.99. The Labute approximate surface area is 204 Å². The molecule has 0 bridgehead atoms. The summed E-state index contributed by atoms with van der Waals surface area (Å²) in [5, 5.41) is 5.84. The minimum atomic E-state index is -0.842. The van der Waals surface area contributed by atoms with Gasteiger partial charge in [0.2, 0.25) is 5.91 Å². The molecule has 0 unspecified atom stereocenters. The van der Waals surface area contributed by atoms with Gasteiger partial charge < -0.3 is 10.6 Å². The third kappa shape index (κ3) is 5.62. The molecule has 1 aromatic carbocycles. The van der Waals surface area contributed by atoms with E-state index < -0.39 is 11.6 Å². The largest absolute Gasteiger partial charge is 0.350 e. The maximum Gasteiger partial charge on any atom is 0.325 e. The van der Waals surface area contributed by atoms with E-state index in [0.717, 1.165) is 41.8 Å². The summed E-state index contributed by atoms with van der Waals surface area (Å²) in [6.45, 7) is 12.0. The Morgan fingerprint density at radius 3 is 2.41 bits per heavy atom. The molecule has 0 aromatic heterocycles. The molecule has 2 fully saturated rings. The zero-order valence-corrected chi connectivity index (χ0v) is 21.7. The summed E-state index contributed by atoms with van der Waals surface area (Å²) < 4.78 is 0. The first-order valence-electron chi connectivity index (χ1n) is 12.7. The Morgan fingerprint density at radius 1 is 1.21 bits per heavy atom. The van der Waals surface area contributed by atoms with E-state index in [4.69, 9.17) is 0 Å².